The molecular weight excluding hydrogens is 448 g/mol. The average Bonchev–Trinajstić information content (AvgIpc) is 2.64. The first-order valence-corrected chi connectivity index (χ1v) is 9.10. The van der Waals surface area contributed by atoms with Crippen LogP contribution in [0.15, 0.2) is 52.5 Å². The van der Waals surface area contributed by atoms with Crippen LogP contribution in [0.1, 0.15) is 5.56 Å². The summed E-state index contributed by atoms with van der Waals surface area (Å²) in [5, 5.41) is 2.51. The molecule has 0 spiro atoms. The number of rotatable bonds is 4. The predicted octanol–water partition coefficient (Wildman–Crippen LogP) is 3.78. The lowest BCUT2D eigenvalue weighted by molar-refractivity contribution is -0.122. The molecule has 1 saturated heterocycles. The van der Waals surface area contributed by atoms with E-state index in [1.165, 1.54) is 12.1 Å². The summed E-state index contributed by atoms with van der Waals surface area (Å²) in [5.74, 6) is 1.36. The van der Waals surface area contributed by atoms with Gasteiger partial charge in [-0.05, 0) is 57.9 Å². The van der Waals surface area contributed by atoms with Crippen molar-refractivity contribution in [2.75, 3.05) is 11.5 Å². The number of benzene rings is 2. The summed E-state index contributed by atoms with van der Waals surface area (Å²) in [6, 6.07) is 10.4. The monoisotopic (exact) mass is 458 g/mol. The smallest absolute Gasteiger partial charge is 0.335 e. The molecule has 2 aromatic carbocycles. The van der Waals surface area contributed by atoms with Gasteiger partial charge in [-0.25, -0.2) is 9.69 Å². The average molecular weight is 460 g/mol. The van der Waals surface area contributed by atoms with Gasteiger partial charge in [0.05, 0.1) is 10.2 Å². The molecule has 3 rings (SSSR count). The number of amides is 4. The molecule has 0 unspecified atom stereocenters. The lowest BCUT2D eigenvalue weighted by Gasteiger charge is -2.26. The Hall–Kier alpha value is -3.08. The Balaban J connectivity index is 1.95. The summed E-state index contributed by atoms with van der Waals surface area (Å²) in [5.41, 5.74) is 0.621. The molecule has 28 heavy (non-hydrogen) atoms. The maximum absolute atomic E-state index is 12.8. The summed E-state index contributed by atoms with van der Waals surface area (Å²) in [7, 11) is 0. The molecule has 1 heterocycles. The Kier molecular flexibility index (Phi) is 5.83. The predicted molar refractivity (Wildman–Crippen MR) is 109 cm³/mol. The zero-order valence-electron chi connectivity index (χ0n) is 14.2. The molecule has 4 amide bonds. The molecule has 0 aliphatic carbocycles. The van der Waals surface area contributed by atoms with Crippen LogP contribution in [0.5, 0.6) is 5.75 Å². The fourth-order valence-corrected chi connectivity index (χ4v) is 3.21. The van der Waals surface area contributed by atoms with E-state index in [0.717, 1.165) is 4.90 Å². The molecule has 1 fully saturated rings. The van der Waals surface area contributed by atoms with E-state index >= 15 is 0 Å². The molecule has 0 aromatic heterocycles. The third kappa shape index (κ3) is 4.09. The van der Waals surface area contributed by atoms with Gasteiger partial charge in [0.2, 0.25) is 0 Å². The molecular formula is C20H12BrClN2O4. The van der Waals surface area contributed by atoms with Gasteiger partial charge in [0.1, 0.15) is 17.9 Å². The maximum Gasteiger partial charge on any atom is 0.335 e. The number of carbonyl (C=O) groups excluding carboxylic acids is 3. The van der Waals surface area contributed by atoms with E-state index in [0.29, 0.717) is 20.8 Å². The van der Waals surface area contributed by atoms with E-state index in [9.17, 15) is 14.4 Å². The van der Waals surface area contributed by atoms with Gasteiger partial charge in [-0.15, -0.1) is 6.42 Å². The first-order valence-electron chi connectivity index (χ1n) is 7.93. The van der Waals surface area contributed by atoms with Gasteiger partial charge in [0, 0.05) is 5.02 Å². The molecule has 6 nitrogen and oxygen atoms in total. The number of imide groups is 2. The van der Waals surface area contributed by atoms with Crippen LogP contribution in [0, 0.1) is 12.3 Å². The summed E-state index contributed by atoms with van der Waals surface area (Å²) in [4.78, 5) is 38.1. The Bertz CT molecular complexity index is 1060. The molecule has 0 bridgehead atoms. The van der Waals surface area contributed by atoms with Gasteiger partial charge in [0.25, 0.3) is 11.8 Å². The van der Waals surface area contributed by atoms with Crippen molar-refractivity contribution in [3.63, 3.8) is 0 Å². The molecule has 8 heteroatoms. The summed E-state index contributed by atoms with van der Waals surface area (Å²) >= 11 is 9.29. The Morgan fingerprint density at radius 2 is 2.00 bits per heavy atom. The van der Waals surface area contributed by atoms with E-state index in [-0.39, 0.29) is 17.9 Å². The second-order valence-electron chi connectivity index (χ2n) is 5.62. The number of terminal acetylenes is 1. The van der Waals surface area contributed by atoms with Crippen LogP contribution >= 0.6 is 27.5 Å². The standard InChI is InChI=1S/C20H12BrClN2O4/c1-2-8-28-17-7-6-12(10-16(17)21)9-15-18(25)23-20(27)24(19(15)26)14-5-3-4-13(22)11-14/h1,3-7,9-11H,8H2,(H,23,25,27). The van der Waals surface area contributed by atoms with E-state index in [2.05, 4.69) is 27.2 Å². The largest absolute Gasteiger partial charge is 0.480 e. The van der Waals surface area contributed by atoms with Crippen molar-refractivity contribution in [2.24, 2.45) is 0 Å². The number of nitrogens with zero attached hydrogens (tertiary/aromatic N) is 1. The van der Waals surface area contributed by atoms with Crippen molar-refractivity contribution < 1.29 is 19.1 Å². The van der Waals surface area contributed by atoms with Crippen LogP contribution in [0.2, 0.25) is 5.02 Å². The first kappa shape index (κ1) is 19.7. The van der Waals surface area contributed by atoms with E-state index in [1.807, 2.05) is 0 Å². The molecule has 1 aliphatic heterocycles. The van der Waals surface area contributed by atoms with Crippen LogP contribution in [-0.4, -0.2) is 24.5 Å². The second kappa shape index (κ2) is 8.30. The second-order valence-corrected chi connectivity index (χ2v) is 6.91. The van der Waals surface area contributed by atoms with Crippen LogP contribution in [0.25, 0.3) is 6.08 Å². The fourth-order valence-electron chi connectivity index (χ4n) is 2.52. The number of hydrogen-bond acceptors (Lipinski definition) is 4. The van der Waals surface area contributed by atoms with Gasteiger partial charge in [-0.2, -0.15) is 0 Å². The topological polar surface area (TPSA) is 75.7 Å². The van der Waals surface area contributed by atoms with E-state index < -0.39 is 17.8 Å². The molecule has 1 N–H and O–H groups in total. The highest BCUT2D eigenvalue weighted by Crippen LogP contribution is 2.28. The zero-order valence-corrected chi connectivity index (χ0v) is 16.6. The van der Waals surface area contributed by atoms with Gasteiger partial charge < -0.3 is 4.74 Å². The summed E-state index contributed by atoms with van der Waals surface area (Å²) in [6.07, 6.45) is 6.56. The highest BCUT2D eigenvalue weighted by atomic mass is 79.9. The molecule has 0 atom stereocenters. The van der Waals surface area contributed by atoms with E-state index in [1.54, 1.807) is 36.4 Å². The van der Waals surface area contributed by atoms with Gasteiger partial charge >= 0.3 is 6.03 Å². The highest BCUT2D eigenvalue weighted by Gasteiger charge is 2.36. The SMILES string of the molecule is C#CCOc1ccc(C=C2C(=O)NC(=O)N(c3cccc(Cl)c3)C2=O)cc1Br. The fraction of sp³-hybridized carbons (Fsp3) is 0.0500. The molecule has 140 valence electrons. The van der Waals surface area contributed by atoms with Crippen molar-refractivity contribution in [3.05, 3.63) is 63.1 Å². The maximum atomic E-state index is 12.8. The number of carbonyl (C=O) groups is 3. The number of barbiturate groups is 1. The van der Waals surface area contributed by atoms with Crippen LogP contribution < -0.4 is 15.0 Å². The minimum Gasteiger partial charge on any atom is -0.480 e. The normalized spacial score (nSPS) is 15.4. The Morgan fingerprint density at radius 3 is 2.68 bits per heavy atom. The van der Waals surface area contributed by atoms with Gasteiger partial charge in [-0.1, -0.05) is 29.7 Å². The quantitative estimate of drug-likeness (QED) is 0.429. The molecule has 2 aromatic rings. The third-order valence-corrected chi connectivity index (χ3v) is 4.60. The zero-order chi connectivity index (χ0) is 20.3. The molecule has 0 radical (unpaired) electrons. The molecule has 0 saturated carbocycles. The molecule has 1 aliphatic rings. The van der Waals surface area contributed by atoms with Crippen molar-refractivity contribution in [2.45, 2.75) is 0 Å². The summed E-state index contributed by atoms with van der Waals surface area (Å²) < 4.78 is 5.96. The third-order valence-electron chi connectivity index (χ3n) is 3.75. The minimum absolute atomic E-state index is 0.108. The lowest BCUT2D eigenvalue weighted by atomic mass is 10.1. The van der Waals surface area contributed by atoms with Crippen LogP contribution in [-0.2, 0) is 9.59 Å². The number of ether oxygens (including phenoxy) is 1. The Labute approximate surface area is 174 Å². The van der Waals surface area contributed by atoms with Crippen LogP contribution in [0.4, 0.5) is 10.5 Å². The highest BCUT2D eigenvalue weighted by molar-refractivity contribution is 9.10. The number of anilines is 1. The summed E-state index contributed by atoms with van der Waals surface area (Å²) in [6.45, 7) is 0.108. The Morgan fingerprint density at radius 1 is 1.21 bits per heavy atom. The number of halogens is 2. The van der Waals surface area contributed by atoms with Crippen molar-refractivity contribution in [1.82, 2.24) is 5.32 Å². The van der Waals surface area contributed by atoms with Gasteiger partial charge in [-0.3, -0.25) is 14.9 Å². The lowest BCUT2D eigenvalue weighted by Crippen LogP contribution is -2.54. The first-order chi connectivity index (χ1) is 13.4. The van der Waals surface area contributed by atoms with E-state index in [4.69, 9.17) is 22.8 Å². The number of hydrogen-bond donors (Lipinski definition) is 1. The minimum atomic E-state index is -0.839. The van der Waals surface area contributed by atoms with Gasteiger partial charge in [0.15, 0.2) is 0 Å². The number of urea groups is 1. The number of nitrogens with one attached hydrogen (secondary N) is 1. The van der Waals surface area contributed by atoms with Crippen molar-refractivity contribution in [1.29, 1.82) is 0 Å². The van der Waals surface area contributed by atoms with Crippen molar-refractivity contribution >= 4 is 57.1 Å². The van der Waals surface area contributed by atoms with Crippen LogP contribution in [0.3, 0.4) is 0 Å². The van der Waals surface area contributed by atoms with Crippen molar-refractivity contribution in [3.8, 4) is 18.1 Å².